The van der Waals surface area contributed by atoms with E-state index in [2.05, 4.69) is 18.5 Å². The van der Waals surface area contributed by atoms with Gasteiger partial charge in [-0.15, -0.1) is 0 Å². The van der Waals surface area contributed by atoms with Crippen molar-refractivity contribution in [2.24, 2.45) is 5.73 Å². The maximum absolute atomic E-state index is 11.7. The molecule has 0 spiro atoms. The summed E-state index contributed by atoms with van der Waals surface area (Å²) in [5.74, 6) is -0.0756. The monoisotopic (exact) mass is 232 g/mol. The largest absolute Gasteiger partial charge is 0.379 e. The highest BCUT2D eigenvalue weighted by Gasteiger charge is 2.37. The third kappa shape index (κ3) is 3.66. The number of hydrogen-bond donors (Lipinski definition) is 2. The van der Waals surface area contributed by atoms with Crippen molar-refractivity contribution >= 4 is 17.7 Å². The average molecular weight is 232 g/mol. The highest BCUT2D eigenvalue weighted by molar-refractivity contribution is 7.99. The van der Waals surface area contributed by atoms with E-state index < -0.39 is 5.54 Å². The first-order valence-corrected chi connectivity index (χ1v) is 6.55. The first-order valence-electron chi connectivity index (χ1n) is 5.26. The summed E-state index contributed by atoms with van der Waals surface area (Å²) in [7, 11) is 0. The van der Waals surface area contributed by atoms with Gasteiger partial charge in [-0.25, -0.2) is 0 Å². The van der Waals surface area contributed by atoms with Gasteiger partial charge in [0.05, 0.1) is 6.61 Å². The van der Waals surface area contributed by atoms with E-state index in [4.69, 9.17) is 10.5 Å². The highest BCUT2D eigenvalue weighted by atomic mass is 32.2. The Hall–Kier alpha value is -0.260. The Morgan fingerprint density at radius 1 is 1.73 bits per heavy atom. The number of nitrogens with one attached hydrogen (secondary N) is 1. The molecule has 0 saturated carbocycles. The van der Waals surface area contributed by atoms with Gasteiger partial charge in [0.1, 0.15) is 5.54 Å². The van der Waals surface area contributed by atoms with E-state index in [1.807, 2.05) is 0 Å². The molecule has 1 rings (SSSR count). The molecule has 2 unspecified atom stereocenters. The lowest BCUT2D eigenvalue weighted by Gasteiger charge is -2.21. The van der Waals surface area contributed by atoms with Crippen LogP contribution in [0.25, 0.3) is 0 Å². The maximum Gasteiger partial charge on any atom is 0.242 e. The Labute approximate surface area is 95.3 Å². The molecule has 1 fully saturated rings. The van der Waals surface area contributed by atoms with Gasteiger partial charge in [0, 0.05) is 18.4 Å². The van der Waals surface area contributed by atoms with Crippen molar-refractivity contribution in [3.05, 3.63) is 0 Å². The number of nitrogens with two attached hydrogens (primary N) is 1. The molecule has 1 aliphatic rings. The van der Waals surface area contributed by atoms with Gasteiger partial charge in [-0.1, -0.05) is 6.92 Å². The van der Waals surface area contributed by atoms with E-state index in [0.29, 0.717) is 31.4 Å². The van der Waals surface area contributed by atoms with Crippen molar-refractivity contribution < 1.29 is 9.53 Å². The van der Waals surface area contributed by atoms with Crippen LogP contribution in [0.3, 0.4) is 0 Å². The quantitative estimate of drug-likeness (QED) is 0.718. The predicted molar refractivity (Wildman–Crippen MR) is 63.0 cm³/mol. The molecule has 1 amide bonds. The van der Waals surface area contributed by atoms with Gasteiger partial charge in [0.15, 0.2) is 0 Å². The number of ether oxygens (including phenoxy) is 1. The van der Waals surface area contributed by atoms with Crippen LogP contribution in [0.2, 0.25) is 0 Å². The summed E-state index contributed by atoms with van der Waals surface area (Å²) in [6.45, 7) is 3.77. The fourth-order valence-electron chi connectivity index (χ4n) is 1.44. The van der Waals surface area contributed by atoms with E-state index >= 15 is 0 Å². The van der Waals surface area contributed by atoms with Crippen LogP contribution in [0.5, 0.6) is 0 Å². The zero-order valence-electron chi connectivity index (χ0n) is 9.41. The van der Waals surface area contributed by atoms with Crippen molar-refractivity contribution in [3.8, 4) is 0 Å². The van der Waals surface area contributed by atoms with Gasteiger partial charge < -0.3 is 15.8 Å². The fourth-order valence-corrected chi connectivity index (χ4v) is 1.80. The lowest BCUT2D eigenvalue weighted by atomic mass is 9.99. The Morgan fingerprint density at radius 3 is 3.00 bits per heavy atom. The predicted octanol–water partition coefficient (Wildman–Crippen LogP) is 0.362. The molecule has 0 aliphatic carbocycles. The van der Waals surface area contributed by atoms with Gasteiger partial charge in [-0.05, 0) is 19.1 Å². The van der Waals surface area contributed by atoms with Crippen LogP contribution >= 0.6 is 11.8 Å². The minimum Gasteiger partial charge on any atom is -0.379 e. The van der Waals surface area contributed by atoms with Gasteiger partial charge in [-0.3, -0.25) is 4.79 Å². The second-order valence-corrected chi connectivity index (χ2v) is 5.33. The van der Waals surface area contributed by atoms with Gasteiger partial charge >= 0.3 is 0 Å². The Bertz CT molecular complexity index is 217. The number of rotatable bonds is 5. The molecule has 0 aromatic carbocycles. The number of thioether (sulfide) groups is 1. The molecule has 15 heavy (non-hydrogen) atoms. The van der Waals surface area contributed by atoms with E-state index in [0.717, 1.165) is 6.42 Å². The molecular weight excluding hydrogens is 212 g/mol. The fraction of sp³-hybridized carbons (Fsp3) is 0.900. The van der Waals surface area contributed by atoms with Gasteiger partial charge in [-0.2, -0.15) is 11.8 Å². The summed E-state index contributed by atoms with van der Waals surface area (Å²) in [6, 6.07) is 0. The van der Waals surface area contributed by atoms with Crippen LogP contribution in [-0.2, 0) is 9.53 Å². The SMILES string of the molecule is CSC(C)CCNC(=O)C1(N)CCOC1. The molecule has 1 saturated heterocycles. The summed E-state index contributed by atoms with van der Waals surface area (Å²) in [4.78, 5) is 11.7. The van der Waals surface area contributed by atoms with Gasteiger partial charge in [0.25, 0.3) is 0 Å². The number of amides is 1. The van der Waals surface area contributed by atoms with Crippen LogP contribution in [-0.4, -0.2) is 42.7 Å². The number of carbonyl (C=O) groups is 1. The van der Waals surface area contributed by atoms with Crippen LogP contribution in [0.15, 0.2) is 0 Å². The molecule has 2 atom stereocenters. The number of hydrogen-bond acceptors (Lipinski definition) is 4. The summed E-state index contributed by atoms with van der Waals surface area (Å²) < 4.78 is 5.14. The molecule has 0 aromatic rings. The second kappa shape index (κ2) is 5.72. The normalized spacial score (nSPS) is 27.7. The number of carbonyl (C=O) groups excluding carboxylic acids is 1. The molecule has 3 N–H and O–H groups in total. The first-order chi connectivity index (χ1) is 7.08. The van der Waals surface area contributed by atoms with Crippen LogP contribution in [0.4, 0.5) is 0 Å². The van der Waals surface area contributed by atoms with Crippen molar-refractivity contribution in [2.45, 2.75) is 30.6 Å². The molecule has 88 valence electrons. The van der Waals surface area contributed by atoms with Crippen molar-refractivity contribution in [1.82, 2.24) is 5.32 Å². The third-order valence-electron chi connectivity index (χ3n) is 2.74. The van der Waals surface area contributed by atoms with Crippen LogP contribution in [0.1, 0.15) is 19.8 Å². The Kier molecular flexibility index (Phi) is 4.89. The maximum atomic E-state index is 11.7. The molecule has 0 bridgehead atoms. The van der Waals surface area contributed by atoms with E-state index in [1.165, 1.54) is 0 Å². The van der Waals surface area contributed by atoms with Crippen LogP contribution in [0, 0.1) is 0 Å². The zero-order chi connectivity index (χ0) is 11.3. The third-order valence-corrected chi connectivity index (χ3v) is 3.78. The Morgan fingerprint density at radius 2 is 2.47 bits per heavy atom. The summed E-state index contributed by atoms with van der Waals surface area (Å²) in [5, 5.41) is 3.44. The average Bonchev–Trinajstić information content (AvgIpc) is 2.66. The standard InChI is InChI=1S/C10H20N2O2S/c1-8(15-2)3-5-12-9(13)10(11)4-6-14-7-10/h8H,3-7,11H2,1-2H3,(H,12,13). The second-order valence-electron chi connectivity index (χ2n) is 4.05. The molecule has 0 aromatic heterocycles. The van der Waals surface area contributed by atoms with E-state index in [-0.39, 0.29) is 5.91 Å². The minimum absolute atomic E-state index is 0.0756. The molecule has 4 nitrogen and oxygen atoms in total. The lowest BCUT2D eigenvalue weighted by Crippen LogP contribution is -2.54. The molecule has 1 heterocycles. The summed E-state index contributed by atoms with van der Waals surface area (Å²) in [5.41, 5.74) is 5.12. The van der Waals surface area contributed by atoms with Crippen LogP contribution < -0.4 is 11.1 Å². The van der Waals surface area contributed by atoms with Crippen molar-refractivity contribution in [3.63, 3.8) is 0 Å². The summed E-state index contributed by atoms with van der Waals surface area (Å²) >= 11 is 1.80. The van der Waals surface area contributed by atoms with E-state index in [9.17, 15) is 4.79 Å². The smallest absolute Gasteiger partial charge is 0.242 e. The molecule has 5 heteroatoms. The highest BCUT2D eigenvalue weighted by Crippen LogP contribution is 2.15. The minimum atomic E-state index is -0.789. The van der Waals surface area contributed by atoms with Crippen molar-refractivity contribution in [1.29, 1.82) is 0 Å². The molecular formula is C10H20N2O2S. The first kappa shape index (κ1) is 12.8. The summed E-state index contributed by atoms with van der Waals surface area (Å²) in [6.07, 6.45) is 3.67. The van der Waals surface area contributed by atoms with E-state index in [1.54, 1.807) is 11.8 Å². The zero-order valence-corrected chi connectivity index (χ0v) is 10.2. The molecule has 0 radical (unpaired) electrons. The Balaban J connectivity index is 2.24. The molecule has 1 aliphatic heterocycles. The lowest BCUT2D eigenvalue weighted by molar-refractivity contribution is -0.126. The van der Waals surface area contributed by atoms with Crippen molar-refractivity contribution in [2.75, 3.05) is 26.0 Å². The topological polar surface area (TPSA) is 64.4 Å². The van der Waals surface area contributed by atoms with Gasteiger partial charge in [0.2, 0.25) is 5.91 Å².